The third-order valence-corrected chi connectivity index (χ3v) is 1.98. The van der Waals surface area contributed by atoms with Crippen molar-refractivity contribution in [3.63, 3.8) is 0 Å². The third kappa shape index (κ3) is 3.97. The van der Waals surface area contributed by atoms with Crippen molar-refractivity contribution in [3.8, 4) is 5.75 Å². The summed E-state index contributed by atoms with van der Waals surface area (Å²) >= 11 is 10.4. The fraction of sp³-hybridized carbons (Fsp3) is 0.222. The maximum atomic E-state index is 12.0. The lowest BCUT2D eigenvalue weighted by molar-refractivity contribution is -0.0503. The van der Waals surface area contributed by atoms with Crippen LogP contribution in [-0.2, 0) is 6.42 Å². The van der Waals surface area contributed by atoms with Crippen LogP contribution in [0.5, 0.6) is 5.75 Å². The second-order valence-corrected chi connectivity index (χ2v) is 3.73. The van der Waals surface area contributed by atoms with Crippen LogP contribution in [0.2, 0.25) is 5.02 Å². The zero-order valence-electron chi connectivity index (χ0n) is 7.54. The average molecular weight is 252 g/mol. The van der Waals surface area contributed by atoms with Gasteiger partial charge in [0.15, 0.2) is 0 Å². The summed E-state index contributed by atoms with van der Waals surface area (Å²) in [6.45, 7) is -2.88. The van der Waals surface area contributed by atoms with E-state index in [1.807, 2.05) is 0 Å². The van der Waals surface area contributed by atoms with Gasteiger partial charge in [0.1, 0.15) is 5.75 Å². The fourth-order valence-electron chi connectivity index (χ4n) is 1.08. The Morgan fingerprint density at radius 3 is 2.73 bits per heavy atom. The Bertz CT molecular complexity index is 373. The molecule has 2 nitrogen and oxygen atoms in total. The predicted octanol–water partition coefficient (Wildman–Crippen LogP) is 2.77. The molecule has 0 heterocycles. The molecule has 0 aliphatic heterocycles. The molecule has 0 saturated carbocycles. The SMILES string of the molecule is NC(=S)Cc1cc(Cl)ccc1OC(F)F. The molecule has 0 saturated heterocycles. The lowest BCUT2D eigenvalue weighted by Crippen LogP contribution is -2.13. The van der Waals surface area contributed by atoms with Gasteiger partial charge in [-0.15, -0.1) is 0 Å². The van der Waals surface area contributed by atoms with Crippen LogP contribution in [0.4, 0.5) is 8.78 Å². The maximum absolute atomic E-state index is 12.0. The number of rotatable bonds is 4. The van der Waals surface area contributed by atoms with Crippen LogP contribution in [0.15, 0.2) is 18.2 Å². The van der Waals surface area contributed by atoms with Crippen LogP contribution >= 0.6 is 23.8 Å². The van der Waals surface area contributed by atoms with Gasteiger partial charge in [0, 0.05) is 17.0 Å². The number of thiocarbonyl (C=S) groups is 1. The van der Waals surface area contributed by atoms with Crippen molar-refractivity contribution in [2.75, 3.05) is 0 Å². The van der Waals surface area contributed by atoms with Crippen LogP contribution in [-0.4, -0.2) is 11.6 Å². The maximum Gasteiger partial charge on any atom is 0.387 e. The van der Waals surface area contributed by atoms with E-state index in [1.165, 1.54) is 18.2 Å². The summed E-state index contributed by atoms with van der Waals surface area (Å²) in [5.41, 5.74) is 5.77. The second-order valence-electron chi connectivity index (χ2n) is 2.77. The van der Waals surface area contributed by atoms with Crippen LogP contribution in [0.25, 0.3) is 0 Å². The largest absolute Gasteiger partial charge is 0.435 e. The Kier molecular flexibility index (Phi) is 4.23. The van der Waals surface area contributed by atoms with Gasteiger partial charge in [-0.05, 0) is 18.2 Å². The number of hydrogen-bond acceptors (Lipinski definition) is 2. The molecule has 6 heteroatoms. The van der Waals surface area contributed by atoms with E-state index in [1.54, 1.807) is 0 Å². The van der Waals surface area contributed by atoms with Gasteiger partial charge in [-0.1, -0.05) is 23.8 Å². The summed E-state index contributed by atoms with van der Waals surface area (Å²) in [5, 5.41) is 0.419. The smallest absolute Gasteiger partial charge is 0.387 e. The number of ether oxygens (including phenoxy) is 1. The zero-order valence-corrected chi connectivity index (χ0v) is 9.12. The molecule has 0 aliphatic carbocycles. The van der Waals surface area contributed by atoms with Crippen molar-refractivity contribution in [2.45, 2.75) is 13.0 Å². The Morgan fingerprint density at radius 2 is 2.20 bits per heavy atom. The molecule has 15 heavy (non-hydrogen) atoms. The van der Waals surface area contributed by atoms with Crippen LogP contribution in [0.1, 0.15) is 5.56 Å². The average Bonchev–Trinajstić information content (AvgIpc) is 2.08. The molecule has 0 aliphatic rings. The summed E-state index contributed by atoms with van der Waals surface area (Å²) in [7, 11) is 0. The van der Waals surface area contributed by atoms with E-state index in [-0.39, 0.29) is 17.2 Å². The van der Waals surface area contributed by atoms with Gasteiger partial charge < -0.3 is 10.5 Å². The lowest BCUT2D eigenvalue weighted by atomic mass is 10.1. The summed E-state index contributed by atoms with van der Waals surface area (Å²) in [5.74, 6) is 0.0437. The van der Waals surface area contributed by atoms with E-state index in [0.717, 1.165) is 0 Å². The van der Waals surface area contributed by atoms with Crippen LogP contribution in [0, 0.1) is 0 Å². The molecule has 1 aromatic carbocycles. The molecule has 0 aromatic heterocycles. The Hall–Kier alpha value is -0.940. The highest BCUT2D eigenvalue weighted by Crippen LogP contribution is 2.24. The van der Waals surface area contributed by atoms with E-state index in [0.29, 0.717) is 10.6 Å². The number of hydrogen-bond donors (Lipinski definition) is 1. The summed E-state index contributed by atoms with van der Waals surface area (Å²) in [6.07, 6.45) is 0.179. The molecule has 0 unspecified atom stereocenters. The topological polar surface area (TPSA) is 35.2 Å². The van der Waals surface area contributed by atoms with Gasteiger partial charge >= 0.3 is 6.61 Å². The minimum Gasteiger partial charge on any atom is -0.435 e. The predicted molar refractivity (Wildman–Crippen MR) is 58.6 cm³/mol. The van der Waals surface area contributed by atoms with Crippen LogP contribution < -0.4 is 10.5 Å². The molecule has 0 bridgehead atoms. The number of halogens is 3. The van der Waals surface area contributed by atoms with Gasteiger partial charge in [0.05, 0.1) is 4.99 Å². The standard InChI is InChI=1S/C9H8ClF2NOS/c10-6-1-2-7(14-9(11)12)5(3-6)4-8(13)15/h1-3,9H,4H2,(H2,13,15). The van der Waals surface area contributed by atoms with Crippen molar-refractivity contribution in [1.29, 1.82) is 0 Å². The first kappa shape index (κ1) is 12.1. The first-order valence-electron chi connectivity index (χ1n) is 4.00. The molecule has 1 aromatic rings. The molecule has 1 rings (SSSR count). The lowest BCUT2D eigenvalue weighted by Gasteiger charge is -2.10. The highest BCUT2D eigenvalue weighted by molar-refractivity contribution is 7.80. The number of benzene rings is 1. The van der Waals surface area contributed by atoms with Crippen molar-refractivity contribution in [2.24, 2.45) is 5.73 Å². The molecule has 0 spiro atoms. The molecule has 82 valence electrons. The minimum absolute atomic E-state index is 0.0437. The minimum atomic E-state index is -2.88. The van der Waals surface area contributed by atoms with E-state index >= 15 is 0 Å². The first-order valence-corrected chi connectivity index (χ1v) is 4.79. The van der Waals surface area contributed by atoms with Gasteiger partial charge in [-0.3, -0.25) is 0 Å². The monoisotopic (exact) mass is 251 g/mol. The Balaban J connectivity index is 2.97. The highest BCUT2D eigenvalue weighted by Gasteiger charge is 2.10. The molecular weight excluding hydrogens is 244 g/mol. The summed E-state index contributed by atoms with van der Waals surface area (Å²) in [6, 6.07) is 4.32. The van der Waals surface area contributed by atoms with Gasteiger partial charge in [0.2, 0.25) is 0 Å². The van der Waals surface area contributed by atoms with E-state index in [2.05, 4.69) is 17.0 Å². The Labute approximate surface area is 96.0 Å². The van der Waals surface area contributed by atoms with Crippen molar-refractivity contribution < 1.29 is 13.5 Å². The van der Waals surface area contributed by atoms with Crippen molar-refractivity contribution in [1.82, 2.24) is 0 Å². The van der Waals surface area contributed by atoms with Crippen molar-refractivity contribution in [3.05, 3.63) is 28.8 Å². The third-order valence-electron chi connectivity index (χ3n) is 1.60. The van der Waals surface area contributed by atoms with Gasteiger partial charge in [0.25, 0.3) is 0 Å². The van der Waals surface area contributed by atoms with Crippen LogP contribution in [0.3, 0.4) is 0 Å². The van der Waals surface area contributed by atoms with E-state index in [9.17, 15) is 8.78 Å². The highest BCUT2D eigenvalue weighted by atomic mass is 35.5. The number of alkyl halides is 2. The molecule has 0 radical (unpaired) electrons. The molecular formula is C9H8ClF2NOS. The normalized spacial score (nSPS) is 10.4. The summed E-state index contributed by atoms with van der Waals surface area (Å²) < 4.78 is 28.3. The van der Waals surface area contributed by atoms with Crippen molar-refractivity contribution >= 4 is 28.8 Å². The van der Waals surface area contributed by atoms with Gasteiger partial charge in [-0.2, -0.15) is 8.78 Å². The quantitative estimate of drug-likeness (QED) is 0.836. The molecule has 0 atom stereocenters. The van der Waals surface area contributed by atoms with Gasteiger partial charge in [-0.25, -0.2) is 0 Å². The number of nitrogens with two attached hydrogens (primary N) is 1. The molecule has 0 amide bonds. The molecule has 2 N–H and O–H groups in total. The zero-order chi connectivity index (χ0) is 11.4. The molecule has 0 fully saturated rings. The van der Waals surface area contributed by atoms with E-state index < -0.39 is 6.61 Å². The first-order chi connectivity index (χ1) is 6.99. The summed E-state index contributed by atoms with van der Waals surface area (Å²) in [4.78, 5) is 0.191. The van der Waals surface area contributed by atoms with E-state index in [4.69, 9.17) is 17.3 Å². The fourth-order valence-corrected chi connectivity index (χ4v) is 1.44. The Morgan fingerprint density at radius 1 is 1.53 bits per heavy atom. The second kappa shape index (κ2) is 5.23.